The minimum atomic E-state index is -3.71. The van der Waals surface area contributed by atoms with Gasteiger partial charge in [-0.15, -0.1) is 0 Å². The molecule has 0 saturated heterocycles. The molecule has 156 valence electrons. The molecule has 2 aromatic carbocycles. The quantitative estimate of drug-likeness (QED) is 0.482. The number of aromatic nitrogens is 1. The average Bonchev–Trinajstić information content (AvgIpc) is 2.74. The monoisotopic (exact) mass is 489 g/mol. The van der Waals surface area contributed by atoms with Crippen molar-refractivity contribution < 1.29 is 17.9 Å². The Labute approximate surface area is 183 Å². The third kappa shape index (κ3) is 5.58. The highest BCUT2D eigenvalue weighted by molar-refractivity contribution is 9.10. The molecule has 1 heterocycles. The summed E-state index contributed by atoms with van der Waals surface area (Å²) in [5.74, 6) is 0.331. The van der Waals surface area contributed by atoms with Gasteiger partial charge >= 0.3 is 0 Å². The van der Waals surface area contributed by atoms with Gasteiger partial charge in [-0.05, 0) is 67.1 Å². The van der Waals surface area contributed by atoms with Crippen LogP contribution in [0, 0.1) is 0 Å². The van der Waals surface area contributed by atoms with E-state index in [0.717, 1.165) is 10.9 Å². The minimum absolute atomic E-state index is 0.155. The molecule has 0 saturated carbocycles. The number of hydrogen-bond acceptors (Lipinski definition) is 5. The lowest BCUT2D eigenvalue weighted by Crippen LogP contribution is -2.24. The SMILES string of the molecule is CCCNC(=O)c1cccnc1Oc1ccc(NS(=O)(=O)c2ccc(Br)cc2)cc1. The zero-order chi connectivity index (χ0) is 21.6. The topological polar surface area (TPSA) is 97.4 Å². The van der Waals surface area contributed by atoms with Crippen LogP contribution < -0.4 is 14.8 Å². The number of nitrogens with one attached hydrogen (secondary N) is 2. The van der Waals surface area contributed by atoms with Crippen LogP contribution in [0.25, 0.3) is 0 Å². The van der Waals surface area contributed by atoms with Crippen molar-refractivity contribution in [2.75, 3.05) is 11.3 Å². The molecule has 0 aliphatic carbocycles. The number of halogens is 1. The summed E-state index contributed by atoms with van der Waals surface area (Å²) < 4.78 is 34.0. The summed E-state index contributed by atoms with van der Waals surface area (Å²) in [5.41, 5.74) is 0.707. The zero-order valence-electron chi connectivity index (χ0n) is 16.1. The van der Waals surface area contributed by atoms with E-state index in [0.29, 0.717) is 23.5 Å². The Morgan fingerprint density at radius 2 is 1.77 bits per heavy atom. The number of anilines is 1. The molecule has 0 atom stereocenters. The Morgan fingerprint density at radius 3 is 2.43 bits per heavy atom. The lowest BCUT2D eigenvalue weighted by Gasteiger charge is -2.11. The molecule has 0 aliphatic rings. The first-order chi connectivity index (χ1) is 14.4. The van der Waals surface area contributed by atoms with E-state index >= 15 is 0 Å². The average molecular weight is 490 g/mol. The Morgan fingerprint density at radius 1 is 1.07 bits per heavy atom. The Hall–Kier alpha value is -2.91. The Bertz CT molecular complexity index is 1120. The van der Waals surface area contributed by atoms with E-state index < -0.39 is 10.0 Å². The molecule has 1 aromatic heterocycles. The van der Waals surface area contributed by atoms with Crippen molar-refractivity contribution in [1.82, 2.24) is 10.3 Å². The summed E-state index contributed by atoms with van der Waals surface area (Å²) in [6.45, 7) is 2.52. The number of hydrogen-bond donors (Lipinski definition) is 2. The fraction of sp³-hybridized carbons (Fsp3) is 0.143. The molecule has 3 aromatic rings. The van der Waals surface area contributed by atoms with Crippen LogP contribution in [0.2, 0.25) is 0 Å². The van der Waals surface area contributed by atoms with Crippen LogP contribution >= 0.6 is 15.9 Å². The summed E-state index contributed by atoms with van der Waals surface area (Å²) in [6, 6.07) is 16.0. The molecular formula is C21H20BrN3O4S. The summed E-state index contributed by atoms with van der Waals surface area (Å²) in [7, 11) is -3.71. The van der Waals surface area contributed by atoms with Gasteiger partial charge in [0.2, 0.25) is 5.88 Å². The number of sulfonamides is 1. The lowest BCUT2D eigenvalue weighted by molar-refractivity contribution is 0.0950. The number of benzene rings is 2. The Balaban J connectivity index is 1.73. The molecular weight excluding hydrogens is 470 g/mol. The van der Waals surface area contributed by atoms with Gasteiger partial charge in [0, 0.05) is 22.9 Å². The highest BCUT2D eigenvalue weighted by Crippen LogP contribution is 2.25. The van der Waals surface area contributed by atoms with Crippen LogP contribution in [0.15, 0.2) is 76.2 Å². The van der Waals surface area contributed by atoms with Gasteiger partial charge in [0.15, 0.2) is 0 Å². The number of amides is 1. The second-order valence-corrected chi connectivity index (χ2v) is 8.90. The van der Waals surface area contributed by atoms with Crippen molar-refractivity contribution in [3.63, 3.8) is 0 Å². The molecule has 3 rings (SSSR count). The molecule has 0 fully saturated rings. The molecule has 1 amide bonds. The summed E-state index contributed by atoms with van der Waals surface area (Å²) in [4.78, 5) is 16.6. The molecule has 0 radical (unpaired) electrons. The molecule has 0 aliphatic heterocycles. The maximum Gasteiger partial charge on any atom is 0.261 e. The summed E-state index contributed by atoms with van der Waals surface area (Å²) >= 11 is 3.28. The van der Waals surface area contributed by atoms with Crippen molar-refractivity contribution in [2.45, 2.75) is 18.2 Å². The van der Waals surface area contributed by atoms with Crippen LogP contribution in [-0.2, 0) is 10.0 Å². The van der Waals surface area contributed by atoms with E-state index in [1.807, 2.05) is 6.92 Å². The lowest BCUT2D eigenvalue weighted by atomic mass is 10.2. The van der Waals surface area contributed by atoms with Crippen molar-refractivity contribution in [2.24, 2.45) is 0 Å². The first-order valence-electron chi connectivity index (χ1n) is 9.18. The van der Waals surface area contributed by atoms with Gasteiger partial charge in [-0.1, -0.05) is 22.9 Å². The van der Waals surface area contributed by atoms with Crippen LogP contribution in [0.1, 0.15) is 23.7 Å². The molecule has 7 nitrogen and oxygen atoms in total. The first-order valence-corrected chi connectivity index (χ1v) is 11.5. The van der Waals surface area contributed by atoms with E-state index in [2.05, 4.69) is 31.0 Å². The summed E-state index contributed by atoms with van der Waals surface area (Å²) in [5, 5.41) is 2.79. The maximum atomic E-state index is 12.5. The molecule has 30 heavy (non-hydrogen) atoms. The van der Waals surface area contributed by atoms with Gasteiger partial charge in [0.1, 0.15) is 11.3 Å². The van der Waals surface area contributed by atoms with Gasteiger partial charge in [-0.3, -0.25) is 9.52 Å². The standard InChI is InChI=1S/C21H20BrN3O4S/c1-2-13-23-20(26)19-4-3-14-24-21(19)29-17-9-7-16(8-10-17)25-30(27,28)18-11-5-15(22)6-12-18/h3-12,14,25H,2,13H2,1H3,(H,23,26). The number of carbonyl (C=O) groups excluding carboxylic acids is 1. The number of nitrogens with zero attached hydrogens (tertiary/aromatic N) is 1. The second-order valence-electron chi connectivity index (χ2n) is 6.30. The van der Waals surface area contributed by atoms with Crippen molar-refractivity contribution >= 4 is 37.5 Å². The predicted octanol–water partition coefficient (Wildman–Crippen LogP) is 4.58. The highest BCUT2D eigenvalue weighted by Gasteiger charge is 2.15. The molecule has 2 N–H and O–H groups in total. The molecule has 0 unspecified atom stereocenters. The van der Waals surface area contributed by atoms with Crippen LogP contribution in [0.3, 0.4) is 0 Å². The normalized spacial score (nSPS) is 11.0. The highest BCUT2D eigenvalue weighted by atomic mass is 79.9. The zero-order valence-corrected chi connectivity index (χ0v) is 18.5. The number of ether oxygens (including phenoxy) is 1. The van der Waals surface area contributed by atoms with E-state index in [9.17, 15) is 13.2 Å². The molecule has 0 spiro atoms. The second kappa shape index (κ2) is 9.73. The smallest absolute Gasteiger partial charge is 0.261 e. The van der Waals surface area contributed by atoms with Gasteiger partial charge in [0.05, 0.1) is 4.90 Å². The minimum Gasteiger partial charge on any atom is -0.438 e. The van der Waals surface area contributed by atoms with E-state index in [4.69, 9.17) is 4.74 Å². The third-order valence-electron chi connectivity index (χ3n) is 4.00. The maximum absolute atomic E-state index is 12.5. The first kappa shape index (κ1) is 21.8. The van der Waals surface area contributed by atoms with Gasteiger partial charge in [0.25, 0.3) is 15.9 Å². The van der Waals surface area contributed by atoms with Crippen molar-refractivity contribution in [3.8, 4) is 11.6 Å². The fourth-order valence-electron chi connectivity index (χ4n) is 2.51. The van der Waals surface area contributed by atoms with Gasteiger partial charge in [-0.2, -0.15) is 0 Å². The largest absolute Gasteiger partial charge is 0.438 e. The number of pyridine rings is 1. The Kier molecular flexibility index (Phi) is 7.07. The van der Waals surface area contributed by atoms with Crippen molar-refractivity contribution in [3.05, 3.63) is 76.9 Å². The number of carbonyl (C=O) groups is 1. The predicted molar refractivity (Wildman–Crippen MR) is 118 cm³/mol. The van der Waals surface area contributed by atoms with E-state index in [-0.39, 0.29) is 16.7 Å². The molecule has 0 bridgehead atoms. The van der Waals surface area contributed by atoms with Gasteiger partial charge in [-0.25, -0.2) is 13.4 Å². The van der Waals surface area contributed by atoms with Gasteiger partial charge < -0.3 is 10.1 Å². The van der Waals surface area contributed by atoms with E-state index in [1.165, 1.54) is 18.3 Å². The molecule has 9 heteroatoms. The van der Waals surface area contributed by atoms with E-state index in [1.54, 1.807) is 48.5 Å². The number of rotatable bonds is 8. The fourth-order valence-corrected chi connectivity index (χ4v) is 3.83. The van der Waals surface area contributed by atoms with Crippen LogP contribution in [0.5, 0.6) is 11.6 Å². The van der Waals surface area contributed by atoms with Crippen LogP contribution in [0.4, 0.5) is 5.69 Å². The van der Waals surface area contributed by atoms with Crippen molar-refractivity contribution in [1.29, 1.82) is 0 Å². The summed E-state index contributed by atoms with van der Waals surface area (Å²) in [6.07, 6.45) is 2.35. The third-order valence-corrected chi connectivity index (χ3v) is 5.92. The van der Waals surface area contributed by atoms with Crippen LogP contribution in [-0.4, -0.2) is 25.9 Å².